The van der Waals surface area contributed by atoms with E-state index in [4.69, 9.17) is 4.74 Å². The van der Waals surface area contributed by atoms with Gasteiger partial charge in [-0.1, -0.05) is 66.3 Å². The summed E-state index contributed by atoms with van der Waals surface area (Å²) in [5, 5.41) is 0. The quantitative estimate of drug-likeness (QED) is 0.552. The summed E-state index contributed by atoms with van der Waals surface area (Å²) in [6.07, 6.45) is 2.57. The molecule has 0 N–H and O–H groups in total. The third kappa shape index (κ3) is 5.74. The third-order valence-electron chi connectivity index (χ3n) is 3.48. The largest absolute Gasteiger partial charge is 0.426 e. The van der Waals surface area contributed by atoms with Gasteiger partial charge in [-0.3, -0.25) is 4.79 Å². The van der Waals surface area contributed by atoms with E-state index in [2.05, 4.69) is 48.1 Å². The summed E-state index contributed by atoms with van der Waals surface area (Å²) >= 11 is 0. The fourth-order valence-electron chi connectivity index (χ4n) is 2.21. The summed E-state index contributed by atoms with van der Waals surface area (Å²) in [4.78, 5) is 12.5. The molecule has 0 saturated heterocycles. The van der Waals surface area contributed by atoms with Gasteiger partial charge in [0.2, 0.25) is 0 Å². The minimum atomic E-state index is -0.149. The Bertz CT molecular complexity index is 484. The van der Waals surface area contributed by atoms with E-state index in [9.17, 15) is 4.79 Å². The lowest BCUT2D eigenvalue weighted by molar-refractivity contribution is -0.144. The Kier molecular flexibility index (Phi) is 5.38. The molecule has 0 heterocycles. The minimum Gasteiger partial charge on any atom is -0.426 e. The Labute approximate surface area is 129 Å². The van der Waals surface area contributed by atoms with Gasteiger partial charge in [0.25, 0.3) is 0 Å². The van der Waals surface area contributed by atoms with Gasteiger partial charge in [-0.15, -0.1) is 0 Å². The maximum absolute atomic E-state index is 12.5. The number of carbonyl (C=O) groups excluding carboxylic acids is 1. The van der Waals surface area contributed by atoms with Crippen molar-refractivity contribution in [3.8, 4) is 5.75 Å². The van der Waals surface area contributed by atoms with Crippen LogP contribution in [-0.4, -0.2) is 5.97 Å². The first-order chi connectivity index (χ1) is 9.53. The lowest BCUT2D eigenvalue weighted by Gasteiger charge is -2.33. The summed E-state index contributed by atoms with van der Waals surface area (Å²) in [6.45, 7) is 16.4. The molecule has 2 heteroatoms. The Morgan fingerprint density at radius 2 is 1.67 bits per heavy atom. The van der Waals surface area contributed by atoms with Gasteiger partial charge >= 0.3 is 5.97 Å². The van der Waals surface area contributed by atoms with Gasteiger partial charge in [0.15, 0.2) is 0 Å². The summed E-state index contributed by atoms with van der Waals surface area (Å²) in [6, 6.07) is 7.41. The van der Waals surface area contributed by atoms with E-state index < -0.39 is 0 Å². The van der Waals surface area contributed by atoms with Crippen molar-refractivity contribution >= 4 is 12.0 Å². The van der Waals surface area contributed by atoms with Gasteiger partial charge in [-0.2, -0.15) is 0 Å². The van der Waals surface area contributed by atoms with E-state index >= 15 is 0 Å². The molecule has 0 aliphatic carbocycles. The lowest BCUT2D eigenvalue weighted by atomic mass is 9.72. The van der Waals surface area contributed by atoms with Crippen molar-refractivity contribution in [2.45, 2.75) is 48.0 Å². The highest BCUT2D eigenvalue weighted by atomic mass is 16.5. The summed E-state index contributed by atoms with van der Waals surface area (Å²) in [5.41, 5.74) is 0.978. The van der Waals surface area contributed by atoms with E-state index in [1.165, 1.54) is 0 Å². The molecule has 1 unspecified atom stereocenters. The Hall–Kier alpha value is -1.57. The molecule has 2 nitrogen and oxygen atoms in total. The van der Waals surface area contributed by atoms with Gasteiger partial charge in [0, 0.05) is 0 Å². The normalized spacial score (nSPS) is 13.6. The zero-order valence-electron chi connectivity index (χ0n) is 14.2. The first-order valence-electron chi connectivity index (χ1n) is 7.47. The van der Waals surface area contributed by atoms with Gasteiger partial charge in [0.05, 0.1) is 5.92 Å². The molecule has 0 bridgehead atoms. The lowest BCUT2D eigenvalue weighted by Crippen LogP contribution is -2.35. The van der Waals surface area contributed by atoms with Crippen LogP contribution in [0.4, 0.5) is 0 Å². The van der Waals surface area contributed by atoms with Crippen molar-refractivity contribution in [3.05, 3.63) is 36.4 Å². The molecule has 0 aliphatic heterocycles. The molecule has 1 aromatic rings. The number of benzene rings is 1. The fraction of sp³-hybridized carbons (Fsp3) is 0.526. The molecule has 0 spiro atoms. The van der Waals surface area contributed by atoms with Crippen LogP contribution in [0.3, 0.4) is 0 Å². The molecule has 0 aliphatic rings. The second-order valence-electron chi connectivity index (χ2n) is 7.88. The molecule has 0 radical (unpaired) electrons. The highest BCUT2D eigenvalue weighted by Crippen LogP contribution is 2.37. The molecule has 0 aromatic heterocycles. The number of esters is 1. The van der Waals surface area contributed by atoms with Crippen LogP contribution in [0, 0.1) is 16.7 Å². The number of hydrogen-bond donors (Lipinski definition) is 0. The standard InChI is InChI=1S/C19H28O2/c1-8-14-9-11-15(12-10-14)21-17(20)16(19(5,6)7)13-18(2,3)4/h8-12,16H,1,13H2,2-7H3. The SMILES string of the molecule is C=Cc1ccc(OC(=O)C(CC(C)(C)C)C(C)(C)C)cc1. The average Bonchev–Trinajstić information content (AvgIpc) is 2.34. The van der Waals surface area contributed by atoms with E-state index in [0.29, 0.717) is 5.75 Å². The summed E-state index contributed by atoms with van der Waals surface area (Å²) in [7, 11) is 0. The predicted molar refractivity (Wildman–Crippen MR) is 89.2 cm³/mol. The van der Waals surface area contributed by atoms with Crippen molar-refractivity contribution in [1.29, 1.82) is 0 Å². The average molecular weight is 288 g/mol. The van der Waals surface area contributed by atoms with Crippen LogP contribution in [-0.2, 0) is 4.79 Å². The molecule has 21 heavy (non-hydrogen) atoms. The summed E-state index contributed by atoms with van der Waals surface area (Å²) in [5.74, 6) is 0.314. The Morgan fingerprint density at radius 3 is 2.05 bits per heavy atom. The highest BCUT2D eigenvalue weighted by Gasteiger charge is 2.36. The van der Waals surface area contributed by atoms with E-state index in [1.54, 1.807) is 6.08 Å². The van der Waals surface area contributed by atoms with Crippen molar-refractivity contribution in [2.75, 3.05) is 0 Å². The molecule has 116 valence electrons. The number of ether oxygens (including phenoxy) is 1. The second-order valence-corrected chi connectivity index (χ2v) is 7.88. The van der Waals surface area contributed by atoms with Gasteiger partial charge in [0.1, 0.15) is 5.75 Å². The predicted octanol–water partition coefficient (Wildman–Crippen LogP) is 5.33. The first-order valence-corrected chi connectivity index (χ1v) is 7.47. The van der Waals surface area contributed by atoms with Crippen molar-refractivity contribution < 1.29 is 9.53 Å². The van der Waals surface area contributed by atoms with Crippen molar-refractivity contribution in [2.24, 2.45) is 16.7 Å². The maximum Gasteiger partial charge on any atom is 0.314 e. The number of hydrogen-bond acceptors (Lipinski definition) is 2. The van der Waals surface area contributed by atoms with Crippen LogP contribution in [0.5, 0.6) is 5.75 Å². The van der Waals surface area contributed by atoms with Crippen LogP contribution >= 0.6 is 0 Å². The molecule has 0 amide bonds. The Balaban J connectivity index is 2.87. The molecule has 1 atom stereocenters. The summed E-state index contributed by atoms with van der Waals surface area (Å²) < 4.78 is 5.58. The molecule has 0 fully saturated rings. The number of carbonyl (C=O) groups is 1. The van der Waals surface area contributed by atoms with Crippen LogP contribution in [0.25, 0.3) is 6.08 Å². The third-order valence-corrected chi connectivity index (χ3v) is 3.48. The Morgan fingerprint density at radius 1 is 1.14 bits per heavy atom. The van der Waals surface area contributed by atoms with Gasteiger partial charge in [-0.25, -0.2) is 0 Å². The molecular weight excluding hydrogens is 260 g/mol. The molecule has 1 rings (SSSR count). The zero-order valence-corrected chi connectivity index (χ0v) is 14.2. The van der Waals surface area contributed by atoms with Gasteiger partial charge in [-0.05, 0) is 34.9 Å². The molecule has 0 saturated carbocycles. The van der Waals surface area contributed by atoms with Gasteiger partial charge < -0.3 is 4.74 Å². The van der Waals surface area contributed by atoms with Crippen LogP contribution in [0.15, 0.2) is 30.8 Å². The topological polar surface area (TPSA) is 26.3 Å². The van der Waals surface area contributed by atoms with Crippen molar-refractivity contribution in [1.82, 2.24) is 0 Å². The molecule has 1 aromatic carbocycles. The smallest absolute Gasteiger partial charge is 0.314 e. The second kappa shape index (κ2) is 6.46. The number of rotatable bonds is 4. The first kappa shape index (κ1) is 17.5. The monoisotopic (exact) mass is 288 g/mol. The fourth-order valence-corrected chi connectivity index (χ4v) is 2.21. The van der Waals surface area contributed by atoms with E-state index in [1.807, 2.05) is 24.3 Å². The molecular formula is C19H28O2. The zero-order chi connectivity index (χ0) is 16.3. The van der Waals surface area contributed by atoms with E-state index in [0.717, 1.165) is 12.0 Å². The van der Waals surface area contributed by atoms with Crippen LogP contribution < -0.4 is 4.74 Å². The highest BCUT2D eigenvalue weighted by molar-refractivity contribution is 5.76. The minimum absolute atomic E-state index is 0.0870. The van der Waals surface area contributed by atoms with E-state index in [-0.39, 0.29) is 22.7 Å². The van der Waals surface area contributed by atoms with Crippen LogP contribution in [0.2, 0.25) is 0 Å². The maximum atomic E-state index is 12.5. The van der Waals surface area contributed by atoms with Crippen molar-refractivity contribution in [3.63, 3.8) is 0 Å². The van der Waals surface area contributed by atoms with Crippen LogP contribution in [0.1, 0.15) is 53.5 Å².